The number of rotatable bonds is 6. The third-order valence-electron chi connectivity index (χ3n) is 6.50. The lowest BCUT2D eigenvalue weighted by molar-refractivity contribution is 0.414. The molecule has 35 heavy (non-hydrogen) atoms. The van der Waals surface area contributed by atoms with Crippen molar-refractivity contribution in [3.05, 3.63) is 106 Å². The zero-order valence-corrected chi connectivity index (χ0v) is 21.0. The molecule has 3 aromatic carbocycles. The van der Waals surface area contributed by atoms with Crippen LogP contribution in [0.4, 0.5) is 0 Å². The number of ether oxygens (including phenoxy) is 1. The average Bonchev–Trinajstić information content (AvgIpc) is 3.29. The van der Waals surface area contributed by atoms with Crippen LogP contribution in [0.25, 0.3) is 26.3 Å². The Hall–Kier alpha value is -3.35. The smallest absolute Gasteiger partial charge is 0.267 e. The minimum Gasteiger partial charge on any atom is -0.497 e. The van der Waals surface area contributed by atoms with E-state index in [0.29, 0.717) is 0 Å². The number of thioether (sulfide) groups is 1. The quantitative estimate of drug-likeness (QED) is 0.197. The van der Waals surface area contributed by atoms with Crippen molar-refractivity contribution in [1.29, 1.82) is 0 Å². The van der Waals surface area contributed by atoms with Gasteiger partial charge in [-0.25, -0.2) is 4.98 Å². The Morgan fingerprint density at radius 3 is 2.54 bits per heavy atom. The molecular formula is C29H24N2O2S2. The third kappa shape index (κ3) is 4.07. The van der Waals surface area contributed by atoms with Crippen LogP contribution in [0.5, 0.6) is 5.75 Å². The van der Waals surface area contributed by atoms with Crippen molar-refractivity contribution in [2.24, 2.45) is 0 Å². The number of thiophene rings is 1. The second-order valence-corrected chi connectivity index (χ2v) is 10.6. The fourth-order valence-corrected chi connectivity index (χ4v) is 7.05. The van der Waals surface area contributed by atoms with Crippen LogP contribution >= 0.6 is 23.1 Å². The first-order chi connectivity index (χ1) is 17.2. The summed E-state index contributed by atoms with van der Waals surface area (Å²) >= 11 is 3.29. The summed E-state index contributed by atoms with van der Waals surface area (Å²) in [5.74, 6) is 1.60. The normalized spacial score (nSPS) is 12.4. The van der Waals surface area contributed by atoms with Crippen molar-refractivity contribution in [2.75, 3.05) is 12.9 Å². The molecule has 2 heterocycles. The predicted octanol–water partition coefficient (Wildman–Crippen LogP) is 6.56. The van der Waals surface area contributed by atoms with E-state index in [0.717, 1.165) is 57.4 Å². The van der Waals surface area contributed by atoms with Crippen LogP contribution in [0, 0.1) is 0 Å². The Labute approximate surface area is 212 Å². The van der Waals surface area contributed by atoms with Crippen LogP contribution < -0.4 is 10.3 Å². The standard InChI is InChI=1S/C29H24N2O2S2/c1-33-22-14-12-21(13-15-22)31-28(32)25-24-16-11-20-9-5-6-10-23(20)26(24)35-27(25)30-29(31)34-18-17-19-7-3-2-4-8-19/h2-10,12-15H,11,16-18H2,1H3. The second-order valence-electron chi connectivity index (χ2n) is 8.56. The zero-order chi connectivity index (χ0) is 23.8. The summed E-state index contributed by atoms with van der Waals surface area (Å²) in [5.41, 5.74) is 5.83. The summed E-state index contributed by atoms with van der Waals surface area (Å²) in [6.45, 7) is 0. The van der Waals surface area contributed by atoms with Crippen molar-refractivity contribution in [3.63, 3.8) is 0 Å². The van der Waals surface area contributed by atoms with Gasteiger partial charge in [0.05, 0.1) is 18.2 Å². The highest BCUT2D eigenvalue weighted by Gasteiger charge is 2.25. The number of methoxy groups -OCH3 is 1. The van der Waals surface area contributed by atoms with Gasteiger partial charge >= 0.3 is 0 Å². The van der Waals surface area contributed by atoms with E-state index in [-0.39, 0.29) is 5.56 Å². The number of benzene rings is 3. The van der Waals surface area contributed by atoms with Gasteiger partial charge < -0.3 is 4.74 Å². The molecule has 0 saturated heterocycles. The molecule has 0 N–H and O–H groups in total. The molecule has 0 amide bonds. The van der Waals surface area contributed by atoms with Crippen LogP contribution in [0.3, 0.4) is 0 Å². The lowest BCUT2D eigenvalue weighted by Crippen LogP contribution is -2.22. The molecule has 174 valence electrons. The summed E-state index contributed by atoms with van der Waals surface area (Å²) in [6, 6.07) is 26.6. The number of hydrogen-bond acceptors (Lipinski definition) is 5. The van der Waals surface area contributed by atoms with E-state index in [4.69, 9.17) is 9.72 Å². The van der Waals surface area contributed by atoms with Crippen LogP contribution in [0.2, 0.25) is 0 Å². The maximum absolute atomic E-state index is 14.1. The molecule has 0 radical (unpaired) electrons. The summed E-state index contributed by atoms with van der Waals surface area (Å²) in [4.78, 5) is 21.2. The van der Waals surface area contributed by atoms with Gasteiger partial charge in [-0.05, 0) is 65.8 Å². The summed E-state index contributed by atoms with van der Waals surface area (Å²) in [5, 5.41) is 1.50. The Bertz CT molecular complexity index is 1570. The van der Waals surface area contributed by atoms with E-state index < -0.39 is 0 Å². The molecular weight excluding hydrogens is 472 g/mol. The van der Waals surface area contributed by atoms with Gasteiger partial charge in [0.25, 0.3) is 5.56 Å². The molecule has 4 nitrogen and oxygen atoms in total. The van der Waals surface area contributed by atoms with E-state index in [1.54, 1.807) is 34.8 Å². The first kappa shape index (κ1) is 22.1. The van der Waals surface area contributed by atoms with Crippen LogP contribution in [-0.4, -0.2) is 22.4 Å². The SMILES string of the molecule is COc1ccc(-n2c(SCCc3ccccc3)nc3sc4c(c3c2=O)CCc2ccccc2-4)cc1. The molecule has 6 rings (SSSR count). The molecule has 0 spiro atoms. The molecule has 0 saturated carbocycles. The predicted molar refractivity (Wildman–Crippen MR) is 145 cm³/mol. The van der Waals surface area contributed by atoms with Gasteiger partial charge in [-0.3, -0.25) is 9.36 Å². The Morgan fingerprint density at radius 1 is 0.971 bits per heavy atom. The number of aromatic nitrogens is 2. The molecule has 6 heteroatoms. The monoisotopic (exact) mass is 496 g/mol. The number of fused-ring (bicyclic) bond motifs is 5. The molecule has 1 aliphatic rings. The number of hydrogen-bond donors (Lipinski definition) is 0. The molecule has 0 atom stereocenters. The van der Waals surface area contributed by atoms with E-state index in [1.165, 1.54) is 21.6 Å². The minimum atomic E-state index is 0.0132. The van der Waals surface area contributed by atoms with Gasteiger partial charge in [0.15, 0.2) is 5.16 Å². The molecule has 2 aromatic heterocycles. The number of aryl methyl sites for hydroxylation is 3. The fourth-order valence-electron chi connectivity index (χ4n) is 4.72. The van der Waals surface area contributed by atoms with Gasteiger partial charge in [0.1, 0.15) is 10.6 Å². The Morgan fingerprint density at radius 2 is 1.74 bits per heavy atom. The van der Waals surface area contributed by atoms with E-state index in [2.05, 4.69) is 48.5 Å². The van der Waals surface area contributed by atoms with Crippen molar-refractivity contribution in [2.45, 2.75) is 24.4 Å². The first-order valence-corrected chi connectivity index (χ1v) is 13.5. The van der Waals surface area contributed by atoms with Gasteiger partial charge in [0.2, 0.25) is 0 Å². The molecule has 5 aromatic rings. The highest BCUT2D eigenvalue weighted by Crippen LogP contribution is 2.42. The number of nitrogens with zero attached hydrogens (tertiary/aromatic N) is 2. The Balaban J connectivity index is 1.48. The summed E-state index contributed by atoms with van der Waals surface area (Å²) in [6.07, 6.45) is 2.73. The lowest BCUT2D eigenvalue weighted by Gasteiger charge is -2.16. The molecule has 0 fully saturated rings. The van der Waals surface area contributed by atoms with Gasteiger partial charge in [-0.15, -0.1) is 11.3 Å². The van der Waals surface area contributed by atoms with E-state index in [9.17, 15) is 4.79 Å². The van der Waals surface area contributed by atoms with Crippen molar-refractivity contribution in [3.8, 4) is 21.9 Å². The lowest BCUT2D eigenvalue weighted by atomic mass is 9.90. The van der Waals surface area contributed by atoms with E-state index >= 15 is 0 Å². The molecule has 1 aliphatic carbocycles. The topological polar surface area (TPSA) is 44.1 Å². The van der Waals surface area contributed by atoms with Gasteiger partial charge in [-0.2, -0.15) is 0 Å². The zero-order valence-electron chi connectivity index (χ0n) is 19.4. The maximum Gasteiger partial charge on any atom is 0.267 e. The molecule has 0 unspecified atom stereocenters. The minimum absolute atomic E-state index is 0.0132. The first-order valence-electron chi connectivity index (χ1n) is 11.7. The van der Waals surface area contributed by atoms with E-state index in [1.807, 2.05) is 30.3 Å². The van der Waals surface area contributed by atoms with Crippen molar-refractivity contribution >= 4 is 33.3 Å². The summed E-state index contributed by atoms with van der Waals surface area (Å²) < 4.78 is 7.12. The second kappa shape index (κ2) is 9.36. The molecule has 0 aliphatic heterocycles. The highest BCUT2D eigenvalue weighted by molar-refractivity contribution is 7.99. The van der Waals surface area contributed by atoms with Crippen LogP contribution in [-0.2, 0) is 19.3 Å². The maximum atomic E-state index is 14.1. The van der Waals surface area contributed by atoms with Crippen molar-refractivity contribution < 1.29 is 4.74 Å². The van der Waals surface area contributed by atoms with Gasteiger partial charge in [-0.1, -0.05) is 66.4 Å². The van der Waals surface area contributed by atoms with Crippen LogP contribution in [0.15, 0.2) is 88.8 Å². The highest BCUT2D eigenvalue weighted by atomic mass is 32.2. The van der Waals surface area contributed by atoms with Crippen molar-refractivity contribution in [1.82, 2.24) is 9.55 Å². The van der Waals surface area contributed by atoms with Gasteiger partial charge in [0, 0.05) is 10.6 Å². The third-order valence-corrected chi connectivity index (χ3v) is 8.60. The molecule has 0 bridgehead atoms. The fraction of sp³-hybridized carbons (Fsp3) is 0.172. The average molecular weight is 497 g/mol. The largest absolute Gasteiger partial charge is 0.497 e. The van der Waals surface area contributed by atoms with Crippen LogP contribution in [0.1, 0.15) is 16.7 Å². The Kier molecular flexibility index (Phi) is 5.92. The summed E-state index contributed by atoms with van der Waals surface area (Å²) in [7, 11) is 1.65.